The summed E-state index contributed by atoms with van der Waals surface area (Å²) in [5.74, 6) is 0. The topological polar surface area (TPSA) is 38.5 Å². The van der Waals surface area contributed by atoms with Crippen LogP contribution in [0.3, 0.4) is 0 Å². The van der Waals surface area contributed by atoms with Gasteiger partial charge in [0.15, 0.2) is 0 Å². The van der Waals surface area contributed by atoms with E-state index in [4.69, 9.17) is 10.5 Å². The van der Waals surface area contributed by atoms with E-state index in [0.29, 0.717) is 25.3 Å². The molecule has 106 valence electrons. The Morgan fingerprint density at radius 2 is 2.16 bits per heavy atom. The lowest BCUT2D eigenvalue weighted by Crippen LogP contribution is -2.41. The lowest BCUT2D eigenvalue weighted by Gasteiger charge is -2.34. The molecule has 3 nitrogen and oxygen atoms in total. The fourth-order valence-electron chi connectivity index (χ4n) is 2.27. The Hall–Kier alpha value is -1.27. The van der Waals surface area contributed by atoms with Gasteiger partial charge in [-0.1, -0.05) is 0 Å². The standard InChI is InChI=1S/C13H17F3N2O/c1-9-8-18(4-5-19-9)12-3-2-11(13(14,15)16)6-10(12)7-17/h2-3,6,9H,4-5,7-8,17H2,1H3. The first-order chi connectivity index (χ1) is 8.91. The Morgan fingerprint density at radius 1 is 1.42 bits per heavy atom. The Balaban J connectivity index is 2.30. The van der Waals surface area contributed by atoms with Crippen LogP contribution in [0.2, 0.25) is 0 Å². The van der Waals surface area contributed by atoms with E-state index in [2.05, 4.69) is 0 Å². The summed E-state index contributed by atoms with van der Waals surface area (Å²) >= 11 is 0. The summed E-state index contributed by atoms with van der Waals surface area (Å²) in [4.78, 5) is 2.02. The van der Waals surface area contributed by atoms with Crippen molar-refractivity contribution < 1.29 is 17.9 Å². The highest BCUT2D eigenvalue weighted by atomic mass is 19.4. The van der Waals surface area contributed by atoms with E-state index in [1.807, 2.05) is 11.8 Å². The first kappa shape index (κ1) is 14.1. The highest BCUT2D eigenvalue weighted by Crippen LogP contribution is 2.33. The van der Waals surface area contributed by atoms with Gasteiger partial charge < -0.3 is 15.4 Å². The van der Waals surface area contributed by atoms with E-state index in [1.54, 1.807) is 0 Å². The molecule has 0 aliphatic carbocycles. The van der Waals surface area contributed by atoms with Crippen LogP contribution in [-0.2, 0) is 17.5 Å². The Kier molecular flexibility index (Phi) is 4.01. The van der Waals surface area contributed by atoms with Gasteiger partial charge in [-0.05, 0) is 30.7 Å². The van der Waals surface area contributed by atoms with Gasteiger partial charge >= 0.3 is 6.18 Å². The second kappa shape index (κ2) is 5.38. The number of halogens is 3. The van der Waals surface area contributed by atoms with E-state index < -0.39 is 11.7 Å². The largest absolute Gasteiger partial charge is 0.416 e. The second-order valence-electron chi connectivity index (χ2n) is 4.67. The van der Waals surface area contributed by atoms with Gasteiger partial charge in [0.25, 0.3) is 0 Å². The highest BCUT2D eigenvalue weighted by molar-refractivity contribution is 5.55. The molecule has 1 aromatic rings. The van der Waals surface area contributed by atoms with E-state index in [0.717, 1.165) is 17.8 Å². The summed E-state index contributed by atoms with van der Waals surface area (Å²) in [7, 11) is 0. The number of hydrogen-bond acceptors (Lipinski definition) is 3. The minimum absolute atomic E-state index is 0.0710. The highest BCUT2D eigenvalue weighted by Gasteiger charge is 2.31. The molecule has 2 rings (SSSR count). The minimum Gasteiger partial charge on any atom is -0.375 e. The van der Waals surface area contributed by atoms with Crippen molar-refractivity contribution in [3.05, 3.63) is 29.3 Å². The van der Waals surface area contributed by atoms with Crippen molar-refractivity contribution in [2.75, 3.05) is 24.6 Å². The molecule has 1 aliphatic heterocycles. The van der Waals surface area contributed by atoms with Crippen LogP contribution in [0.25, 0.3) is 0 Å². The number of anilines is 1. The molecular formula is C13H17F3N2O. The molecule has 1 saturated heterocycles. The molecule has 0 spiro atoms. The van der Waals surface area contributed by atoms with E-state index in [1.165, 1.54) is 6.07 Å². The van der Waals surface area contributed by atoms with Crippen LogP contribution >= 0.6 is 0 Å². The van der Waals surface area contributed by atoms with Gasteiger partial charge in [0.1, 0.15) is 0 Å². The molecule has 6 heteroatoms. The molecular weight excluding hydrogens is 257 g/mol. The van der Waals surface area contributed by atoms with E-state index in [9.17, 15) is 13.2 Å². The van der Waals surface area contributed by atoms with Gasteiger partial charge in [-0.15, -0.1) is 0 Å². The minimum atomic E-state index is -4.33. The number of nitrogens with zero attached hydrogens (tertiary/aromatic N) is 1. The maximum absolute atomic E-state index is 12.7. The van der Waals surface area contributed by atoms with Gasteiger partial charge in [0.2, 0.25) is 0 Å². The van der Waals surface area contributed by atoms with Gasteiger partial charge in [-0.25, -0.2) is 0 Å². The van der Waals surface area contributed by atoms with Crippen LogP contribution in [0, 0.1) is 0 Å². The van der Waals surface area contributed by atoms with Crippen molar-refractivity contribution in [2.24, 2.45) is 5.73 Å². The summed E-state index contributed by atoms with van der Waals surface area (Å²) in [6, 6.07) is 3.74. The third kappa shape index (κ3) is 3.19. The fourth-order valence-corrected chi connectivity index (χ4v) is 2.27. The molecule has 1 fully saturated rings. The van der Waals surface area contributed by atoms with Crippen LogP contribution in [-0.4, -0.2) is 25.8 Å². The van der Waals surface area contributed by atoms with Gasteiger partial charge in [-0.3, -0.25) is 0 Å². The normalized spacial score (nSPS) is 20.7. The summed E-state index contributed by atoms with van der Waals surface area (Å²) in [5.41, 5.74) is 6.21. The molecule has 0 bridgehead atoms. The van der Waals surface area contributed by atoms with Crippen molar-refractivity contribution in [1.29, 1.82) is 0 Å². The molecule has 0 amide bonds. The maximum atomic E-state index is 12.7. The van der Waals surface area contributed by atoms with Crippen LogP contribution in [0.4, 0.5) is 18.9 Å². The number of rotatable bonds is 2. The third-order valence-corrected chi connectivity index (χ3v) is 3.21. The number of nitrogens with two attached hydrogens (primary N) is 1. The Bertz CT molecular complexity index is 448. The van der Waals surface area contributed by atoms with Crippen molar-refractivity contribution in [3.63, 3.8) is 0 Å². The Morgan fingerprint density at radius 3 is 2.74 bits per heavy atom. The number of benzene rings is 1. The first-order valence-electron chi connectivity index (χ1n) is 6.18. The van der Waals surface area contributed by atoms with Crippen LogP contribution < -0.4 is 10.6 Å². The first-order valence-corrected chi connectivity index (χ1v) is 6.18. The molecule has 0 saturated carbocycles. The van der Waals surface area contributed by atoms with Gasteiger partial charge in [-0.2, -0.15) is 13.2 Å². The molecule has 0 radical (unpaired) electrons. The second-order valence-corrected chi connectivity index (χ2v) is 4.67. The van der Waals surface area contributed by atoms with E-state index in [-0.39, 0.29) is 12.6 Å². The predicted octanol–water partition coefficient (Wildman–Crippen LogP) is 2.39. The molecule has 1 aliphatic rings. The molecule has 1 heterocycles. The molecule has 19 heavy (non-hydrogen) atoms. The van der Waals surface area contributed by atoms with Crippen LogP contribution in [0.5, 0.6) is 0 Å². The monoisotopic (exact) mass is 274 g/mol. The van der Waals surface area contributed by atoms with Crippen molar-refractivity contribution >= 4 is 5.69 Å². The zero-order chi connectivity index (χ0) is 14.0. The molecule has 1 unspecified atom stereocenters. The average molecular weight is 274 g/mol. The Labute approximate surface area is 110 Å². The maximum Gasteiger partial charge on any atom is 0.416 e. The average Bonchev–Trinajstić information content (AvgIpc) is 2.37. The van der Waals surface area contributed by atoms with Gasteiger partial charge in [0, 0.05) is 25.3 Å². The predicted molar refractivity (Wildman–Crippen MR) is 67.0 cm³/mol. The summed E-state index contributed by atoms with van der Waals surface area (Å²) < 4.78 is 43.4. The number of morpholine rings is 1. The van der Waals surface area contributed by atoms with Crippen LogP contribution in [0.15, 0.2) is 18.2 Å². The lowest BCUT2D eigenvalue weighted by atomic mass is 10.1. The quantitative estimate of drug-likeness (QED) is 0.900. The zero-order valence-electron chi connectivity index (χ0n) is 10.7. The smallest absolute Gasteiger partial charge is 0.375 e. The zero-order valence-corrected chi connectivity index (χ0v) is 10.7. The third-order valence-electron chi connectivity index (χ3n) is 3.21. The molecule has 0 aromatic heterocycles. The molecule has 1 aromatic carbocycles. The molecule has 1 atom stereocenters. The molecule has 2 N–H and O–H groups in total. The summed E-state index contributed by atoms with van der Waals surface area (Å²) in [6.07, 6.45) is -4.26. The summed E-state index contributed by atoms with van der Waals surface area (Å²) in [5, 5.41) is 0. The number of ether oxygens (including phenoxy) is 1. The van der Waals surface area contributed by atoms with E-state index >= 15 is 0 Å². The van der Waals surface area contributed by atoms with Crippen molar-refractivity contribution in [1.82, 2.24) is 0 Å². The number of hydrogen-bond donors (Lipinski definition) is 1. The van der Waals surface area contributed by atoms with Crippen molar-refractivity contribution in [3.8, 4) is 0 Å². The SMILES string of the molecule is CC1CN(c2ccc(C(F)(F)F)cc2CN)CCO1. The van der Waals surface area contributed by atoms with Gasteiger partial charge in [0.05, 0.1) is 18.3 Å². The summed E-state index contributed by atoms with van der Waals surface area (Å²) in [6.45, 7) is 3.94. The lowest BCUT2D eigenvalue weighted by molar-refractivity contribution is -0.137. The number of alkyl halides is 3. The van der Waals surface area contributed by atoms with Crippen molar-refractivity contribution in [2.45, 2.75) is 25.7 Å². The van der Waals surface area contributed by atoms with Crippen LogP contribution in [0.1, 0.15) is 18.1 Å². The fraction of sp³-hybridized carbons (Fsp3) is 0.538.